The molecule has 2 rings (SSSR count). The molecular weight excluding hydrogens is 373 g/mol. The van der Waals surface area contributed by atoms with Gasteiger partial charge in [-0.25, -0.2) is 4.79 Å². The number of amides is 1. The number of nitrogens with one attached hydrogen (secondary N) is 1. The molecule has 1 aliphatic rings. The van der Waals surface area contributed by atoms with Gasteiger partial charge in [-0.3, -0.25) is 4.79 Å². The fourth-order valence-corrected chi connectivity index (χ4v) is 3.05. The van der Waals surface area contributed by atoms with Gasteiger partial charge in [-0.2, -0.15) is 0 Å². The number of carbonyl (C=O) groups is 2. The zero-order chi connectivity index (χ0) is 22.0. The van der Waals surface area contributed by atoms with Crippen LogP contribution in [0.5, 0.6) is 0 Å². The molecule has 1 saturated heterocycles. The first-order valence-electron chi connectivity index (χ1n) is 9.98. The van der Waals surface area contributed by atoms with Crippen molar-refractivity contribution in [2.75, 3.05) is 0 Å². The fraction of sp³-hybridized carbons (Fsp3) is 0.619. The lowest BCUT2D eigenvalue weighted by Crippen LogP contribution is -2.47. The van der Waals surface area contributed by atoms with Gasteiger partial charge in [-0.05, 0) is 51.1 Å². The lowest BCUT2D eigenvalue weighted by Gasteiger charge is -2.32. The zero-order valence-corrected chi connectivity index (χ0v) is 18.1. The Kier molecular flexibility index (Phi) is 7.14. The number of hydrogen-bond donors (Lipinski definition) is 3. The molecule has 0 spiro atoms. The highest BCUT2D eigenvalue weighted by Gasteiger charge is 2.51. The highest BCUT2D eigenvalue weighted by atomic mass is 16.7. The van der Waals surface area contributed by atoms with Crippen molar-refractivity contribution < 1.29 is 29.1 Å². The molecule has 7 nitrogen and oxygen atoms in total. The summed E-state index contributed by atoms with van der Waals surface area (Å²) >= 11 is 0. The number of carboxylic acids is 1. The maximum atomic E-state index is 12.1. The van der Waals surface area contributed by atoms with E-state index in [-0.39, 0.29) is 18.8 Å². The van der Waals surface area contributed by atoms with E-state index in [9.17, 15) is 19.8 Å². The van der Waals surface area contributed by atoms with Crippen LogP contribution in [0.2, 0.25) is 0 Å². The monoisotopic (exact) mass is 405 g/mol. The SMILES string of the molecule is CC(C)C[C@@H](O)C(=O)N[C@H](Cc1ccc(B2OC(C)(C)C(C)(C)O2)cc1)C(=O)O. The van der Waals surface area contributed by atoms with Crippen LogP contribution >= 0.6 is 0 Å². The van der Waals surface area contributed by atoms with Gasteiger partial charge in [0.1, 0.15) is 12.1 Å². The summed E-state index contributed by atoms with van der Waals surface area (Å²) in [7, 11) is -0.491. The van der Waals surface area contributed by atoms with E-state index in [0.29, 0.717) is 0 Å². The number of aliphatic carboxylic acids is 1. The standard InChI is InChI=1S/C21H32BNO6/c1-13(2)11-17(24)18(25)23-16(19(26)27)12-14-7-9-15(10-8-14)22-28-20(3,4)21(5,6)29-22/h7-10,13,16-17,24H,11-12H2,1-6H3,(H,23,25)(H,26,27)/t16-,17-/m1/s1. The minimum atomic E-state index is -1.22. The average molecular weight is 405 g/mol. The summed E-state index contributed by atoms with van der Waals surface area (Å²) in [5, 5.41) is 21.8. The van der Waals surface area contributed by atoms with E-state index in [4.69, 9.17) is 9.31 Å². The number of rotatable bonds is 8. The molecule has 0 unspecified atom stereocenters. The van der Waals surface area contributed by atoms with Crippen LogP contribution in [-0.2, 0) is 25.3 Å². The lowest BCUT2D eigenvalue weighted by atomic mass is 9.78. The molecule has 0 aliphatic carbocycles. The molecule has 29 heavy (non-hydrogen) atoms. The van der Waals surface area contributed by atoms with E-state index in [1.807, 2.05) is 53.7 Å². The van der Waals surface area contributed by atoms with Crippen molar-refractivity contribution in [3.8, 4) is 0 Å². The summed E-state index contributed by atoms with van der Waals surface area (Å²) < 4.78 is 12.0. The third-order valence-electron chi connectivity index (χ3n) is 5.56. The smallest absolute Gasteiger partial charge is 0.480 e. The van der Waals surface area contributed by atoms with Crippen LogP contribution in [0.15, 0.2) is 24.3 Å². The van der Waals surface area contributed by atoms with E-state index in [1.165, 1.54) is 0 Å². The molecule has 8 heteroatoms. The molecule has 0 bridgehead atoms. The molecule has 0 aromatic heterocycles. The Morgan fingerprint density at radius 1 is 1.07 bits per heavy atom. The molecule has 1 aliphatic heterocycles. The summed E-state index contributed by atoms with van der Waals surface area (Å²) in [5.74, 6) is -1.69. The molecule has 160 valence electrons. The fourth-order valence-electron chi connectivity index (χ4n) is 3.05. The largest absolute Gasteiger partial charge is 0.494 e. The van der Waals surface area contributed by atoms with Crippen LogP contribution in [-0.4, -0.2) is 52.6 Å². The molecule has 2 atom stereocenters. The van der Waals surface area contributed by atoms with Gasteiger partial charge in [0.15, 0.2) is 0 Å². The van der Waals surface area contributed by atoms with E-state index in [1.54, 1.807) is 12.1 Å². The zero-order valence-electron chi connectivity index (χ0n) is 18.1. The number of aliphatic hydroxyl groups excluding tert-OH is 1. The number of carboxylic acid groups (broad SMARTS) is 1. The molecule has 3 N–H and O–H groups in total. The van der Waals surface area contributed by atoms with Crippen molar-refractivity contribution in [3.63, 3.8) is 0 Å². The number of benzene rings is 1. The summed E-state index contributed by atoms with van der Waals surface area (Å²) in [6.45, 7) is 11.7. The number of hydrogen-bond acceptors (Lipinski definition) is 5. The molecular formula is C21H32BNO6. The van der Waals surface area contributed by atoms with Gasteiger partial charge < -0.3 is 24.8 Å². The van der Waals surface area contributed by atoms with Gasteiger partial charge in [-0.15, -0.1) is 0 Å². The molecule has 0 radical (unpaired) electrons. The van der Waals surface area contributed by atoms with Crippen LogP contribution in [0.1, 0.15) is 53.5 Å². The van der Waals surface area contributed by atoms with E-state index in [0.717, 1.165) is 11.0 Å². The van der Waals surface area contributed by atoms with E-state index in [2.05, 4.69) is 5.32 Å². The quantitative estimate of drug-likeness (QED) is 0.567. The summed E-state index contributed by atoms with van der Waals surface area (Å²) in [6, 6.07) is 6.16. The van der Waals surface area contributed by atoms with E-state index < -0.39 is 42.3 Å². The Morgan fingerprint density at radius 3 is 2.03 bits per heavy atom. The summed E-state index contributed by atoms with van der Waals surface area (Å²) in [4.78, 5) is 23.6. The minimum Gasteiger partial charge on any atom is -0.480 e. The highest BCUT2D eigenvalue weighted by molar-refractivity contribution is 6.62. The predicted octanol–water partition coefficient (Wildman–Crippen LogP) is 1.50. The number of carbonyl (C=O) groups excluding carboxylic acids is 1. The molecule has 1 heterocycles. The van der Waals surface area contributed by atoms with Gasteiger partial charge in [0.05, 0.1) is 11.2 Å². The van der Waals surface area contributed by atoms with Crippen LogP contribution in [0.25, 0.3) is 0 Å². The molecule has 0 saturated carbocycles. The Balaban J connectivity index is 2.03. The van der Waals surface area contributed by atoms with Crippen LogP contribution in [0.4, 0.5) is 0 Å². The van der Waals surface area contributed by atoms with Crippen molar-refractivity contribution in [1.82, 2.24) is 5.32 Å². The van der Waals surface area contributed by atoms with Crippen LogP contribution < -0.4 is 10.8 Å². The van der Waals surface area contributed by atoms with Gasteiger partial charge in [-0.1, -0.05) is 38.1 Å². The van der Waals surface area contributed by atoms with Crippen molar-refractivity contribution in [3.05, 3.63) is 29.8 Å². The summed E-state index contributed by atoms with van der Waals surface area (Å²) in [6.07, 6.45) is -0.831. The molecule has 1 amide bonds. The second-order valence-corrected chi connectivity index (χ2v) is 9.08. The Hall–Kier alpha value is -1.90. The van der Waals surface area contributed by atoms with Crippen molar-refractivity contribution >= 4 is 24.5 Å². The van der Waals surface area contributed by atoms with Crippen LogP contribution in [0.3, 0.4) is 0 Å². The van der Waals surface area contributed by atoms with Gasteiger partial charge in [0.2, 0.25) is 5.91 Å². The normalized spacial score (nSPS) is 19.8. The predicted molar refractivity (Wildman–Crippen MR) is 111 cm³/mol. The van der Waals surface area contributed by atoms with Gasteiger partial charge in [0, 0.05) is 6.42 Å². The topological polar surface area (TPSA) is 105 Å². The second-order valence-electron chi connectivity index (χ2n) is 9.08. The third-order valence-corrected chi connectivity index (χ3v) is 5.56. The molecule has 1 aromatic carbocycles. The molecule has 1 fully saturated rings. The van der Waals surface area contributed by atoms with E-state index >= 15 is 0 Å². The van der Waals surface area contributed by atoms with Gasteiger partial charge >= 0.3 is 13.1 Å². The van der Waals surface area contributed by atoms with Crippen molar-refractivity contribution in [2.45, 2.75) is 77.7 Å². The Morgan fingerprint density at radius 2 is 1.59 bits per heavy atom. The molecule has 1 aromatic rings. The first-order valence-corrected chi connectivity index (χ1v) is 9.98. The highest BCUT2D eigenvalue weighted by Crippen LogP contribution is 2.36. The second kappa shape index (κ2) is 8.85. The average Bonchev–Trinajstić information content (AvgIpc) is 2.81. The first kappa shape index (κ1) is 23.4. The number of aliphatic hydroxyl groups is 1. The first-order chi connectivity index (χ1) is 13.3. The minimum absolute atomic E-state index is 0.110. The maximum Gasteiger partial charge on any atom is 0.494 e. The Labute approximate surface area is 172 Å². The van der Waals surface area contributed by atoms with Crippen molar-refractivity contribution in [1.29, 1.82) is 0 Å². The maximum absolute atomic E-state index is 12.1. The Bertz CT molecular complexity index is 715. The van der Waals surface area contributed by atoms with Crippen molar-refractivity contribution in [2.24, 2.45) is 5.92 Å². The lowest BCUT2D eigenvalue weighted by molar-refractivity contribution is -0.143. The van der Waals surface area contributed by atoms with Gasteiger partial charge in [0.25, 0.3) is 0 Å². The summed E-state index contributed by atoms with van der Waals surface area (Å²) in [5.41, 5.74) is 0.713. The van der Waals surface area contributed by atoms with Crippen LogP contribution in [0, 0.1) is 5.92 Å². The third kappa shape index (κ3) is 5.81.